The highest BCUT2D eigenvalue weighted by molar-refractivity contribution is 7.80. The second kappa shape index (κ2) is 6.19. The van der Waals surface area contributed by atoms with Gasteiger partial charge in [0.2, 0.25) is 0 Å². The smallest absolute Gasteiger partial charge is 0.171 e. The molecule has 0 spiro atoms. The molecule has 0 bridgehead atoms. The highest BCUT2D eigenvalue weighted by Crippen LogP contribution is 2.28. The van der Waals surface area contributed by atoms with Crippen LogP contribution in [0.2, 0.25) is 0 Å². The van der Waals surface area contributed by atoms with Crippen LogP contribution in [-0.2, 0) is 0 Å². The van der Waals surface area contributed by atoms with Crippen molar-refractivity contribution < 1.29 is 0 Å². The van der Waals surface area contributed by atoms with Gasteiger partial charge in [-0.1, -0.05) is 32.0 Å². The van der Waals surface area contributed by atoms with Crippen LogP contribution in [-0.4, -0.2) is 11.2 Å². The summed E-state index contributed by atoms with van der Waals surface area (Å²) in [6.45, 7) is 4.66. The van der Waals surface area contributed by atoms with E-state index in [2.05, 4.69) is 24.5 Å². The molecule has 0 aromatic heterocycles. The number of hydrogen-bond donors (Lipinski definition) is 2. The maximum absolute atomic E-state index is 5.38. The average Bonchev–Trinajstić information content (AvgIpc) is 2.34. The van der Waals surface area contributed by atoms with Crippen molar-refractivity contribution in [2.75, 3.05) is 5.32 Å². The first-order valence-electron chi connectivity index (χ1n) is 6.77. The molecule has 0 aliphatic heterocycles. The van der Waals surface area contributed by atoms with Crippen LogP contribution in [0, 0.1) is 11.8 Å². The van der Waals surface area contributed by atoms with Crippen LogP contribution in [0.3, 0.4) is 0 Å². The Morgan fingerprint density at radius 3 is 2.56 bits per heavy atom. The van der Waals surface area contributed by atoms with Crippen LogP contribution < -0.4 is 10.6 Å². The van der Waals surface area contributed by atoms with Gasteiger partial charge in [-0.05, 0) is 55.4 Å². The summed E-state index contributed by atoms with van der Waals surface area (Å²) >= 11 is 5.38. The topological polar surface area (TPSA) is 24.1 Å². The van der Waals surface area contributed by atoms with Gasteiger partial charge in [-0.3, -0.25) is 0 Å². The van der Waals surface area contributed by atoms with E-state index in [1.807, 2.05) is 30.3 Å². The highest BCUT2D eigenvalue weighted by atomic mass is 32.1. The monoisotopic (exact) mass is 262 g/mol. The molecule has 3 heteroatoms. The standard InChI is InChI=1S/C15H22N2S/c1-11-8-9-14(12(2)10-11)17-15(18)16-13-6-4-3-5-7-13/h3-7,11-12,14H,8-10H2,1-2H3,(H2,16,17,18). The molecule has 1 aliphatic carbocycles. The minimum atomic E-state index is 0.518. The Kier molecular flexibility index (Phi) is 4.59. The summed E-state index contributed by atoms with van der Waals surface area (Å²) in [4.78, 5) is 0. The number of thiocarbonyl (C=S) groups is 1. The van der Waals surface area contributed by atoms with Crippen LogP contribution >= 0.6 is 12.2 Å². The average molecular weight is 262 g/mol. The molecule has 1 saturated carbocycles. The normalized spacial score (nSPS) is 27.6. The van der Waals surface area contributed by atoms with Gasteiger partial charge in [-0.25, -0.2) is 0 Å². The summed E-state index contributed by atoms with van der Waals surface area (Å²) < 4.78 is 0. The molecule has 98 valence electrons. The molecule has 0 saturated heterocycles. The van der Waals surface area contributed by atoms with Crippen molar-refractivity contribution in [1.29, 1.82) is 0 Å². The fraction of sp³-hybridized carbons (Fsp3) is 0.533. The first-order valence-corrected chi connectivity index (χ1v) is 7.18. The summed E-state index contributed by atoms with van der Waals surface area (Å²) in [6.07, 6.45) is 3.82. The predicted octanol–water partition coefficient (Wildman–Crippen LogP) is 3.80. The number of benzene rings is 1. The van der Waals surface area contributed by atoms with Crippen LogP contribution in [0.4, 0.5) is 5.69 Å². The molecule has 2 N–H and O–H groups in total. The van der Waals surface area contributed by atoms with Gasteiger partial charge < -0.3 is 10.6 Å². The third-order valence-electron chi connectivity index (χ3n) is 3.78. The van der Waals surface area contributed by atoms with Crippen molar-refractivity contribution >= 4 is 23.0 Å². The van der Waals surface area contributed by atoms with Crippen molar-refractivity contribution in [3.05, 3.63) is 30.3 Å². The van der Waals surface area contributed by atoms with E-state index in [9.17, 15) is 0 Å². The number of nitrogens with one attached hydrogen (secondary N) is 2. The van der Waals surface area contributed by atoms with Gasteiger partial charge in [0.05, 0.1) is 0 Å². The lowest BCUT2D eigenvalue weighted by molar-refractivity contribution is 0.248. The Morgan fingerprint density at radius 2 is 1.89 bits per heavy atom. The van der Waals surface area contributed by atoms with Crippen molar-refractivity contribution in [2.45, 2.75) is 39.2 Å². The van der Waals surface area contributed by atoms with Gasteiger partial charge >= 0.3 is 0 Å². The van der Waals surface area contributed by atoms with E-state index in [1.54, 1.807) is 0 Å². The van der Waals surface area contributed by atoms with Crippen molar-refractivity contribution in [2.24, 2.45) is 11.8 Å². The summed E-state index contributed by atoms with van der Waals surface area (Å²) in [7, 11) is 0. The Bertz CT molecular complexity index is 391. The molecule has 18 heavy (non-hydrogen) atoms. The first kappa shape index (κ1) is 13.3. The lowest BCUT2D eigenvalue weighted by Crippen LogP contribution is -2.44. The minimum Gasteiger partial charge on any atom is -0.359 e. The maximum atomic E-state index is 5.38. The number of rotatable bonds is 2. The van der Waals surface area contributed by atoms with E-state index in [4.69, 9.17) is 12.2 Å². The third-order valence-corrected chi connectivity index (χ3v) is 4.00. The number of hydrogen-bond acceptors (Lipinski definition) is 1. The molecule has 1 aromatic carbocycles. The zero-order valence-electron chi connectivity index (χ0n) is 11.1. The Hall–Kier alpha value is -1.09. The lowest BCUT2D eigenvalue weighted by Gasteiger charge is -2.33. The van der Waals surface area contributed by atoms with Crippen LogP contribution in [0.15, 0.2) is 30.3 Å². The number of para-hydroxylation sites is 1. The van der Waals surface area contributed by atoms with Gasteiger partial charge in [0.1, 0.15) is 0 Å². The third kappa shape index (κ3) is 3.70. The van der Waals surface area contributed by atoms with E-state index in [1.165, 1.54) is 19.3 Å². The molecule has 2 rings (SSSR count). The molecule has 0 amide bonds. The van der Waals surface area contributed by atoms with Gasteiger partial charge in [-0.2, -0.15) is 0 Å². The lowest BCUT2D eigenvalue weighted by atomic mass is 9.80. The molecule has 0 heterocycles. The second-order valence-corrected chi connectivity index (χ2v) is 5.87. The molecule has 3 atom stereocenters. The fourth-order valence-corrected chi connectivity index (χ4v) is 3.01. The first-order chi connectivity index (χ1) is 8.65. The summed E-state index contributed by atoms with van der Waals surface area (Å²) in [5, 5.41) is 7.44. The van der Waals surface area contributed by atoms with Gasteiger partial charge in [0.25, 0.3) is 0 Å². The summed E-state index contributed by atoms with van der Waals surface area (Å²) in [6, 6.07) is 10.6. The largest absolute Gasteiger partial charge is 0.359 e. The maximum Gasteiger partial charge on any atom is 0.171 e. The molecule has 0 radical (unpaired) electrons. The summed E-state index contributed by atoms with van der Waals surface area (Å²) in [5.41, 5.74) is 1.05. The molecular formula is C15H22N2S. The molecular weight excluding hydrogens is 240 g/mol. The van der Waals surface area contributed by atoms with Crippen molar-refractivity contribution in [3.63, 3.8) is 0 Å². The zero-order chi connectivity index (χ0) is 13.0. The van der Waals surface area contributed by atoms with Crippen LogP contribution in [0.1, 0.15) is 33.1 Å². The van der Waals surface area contributed by atoms with E-state index in [0.717, 1.165) is 16.7 Å². The Balaban J connectivity index is 1.84. The van der Waals surface area contributed by atoms with Crippen LogP contribution in [0.25, 0.3) is 0 Å². The SMILES string of the molecule is CC1CCC(NC(=S)Nc2ccccc2)C(C)C1. The van der Waals surface area contributed by atoms with E-state index < -0.39 is 0 Å². The molecule has 1 aromatic rings. The second-order valence-electron chi connectivity index (χ2n) is 5.47. The molecule has 3 unspecified atom stereocenters. The predicted molar refractivity (Wildman–Crippen MR) is 81.8 cm³/mol. The highest BCUT2D eigenvalue weighted by Gasteiger charge is 2.25. The molecule has 1 aliphatic rings. The zero-order valence-corrected chi connectivity index (χ0v) is 12.0. The van der Waals surface area contributed by atoms with Gasteiger partial charge in [0.15, 0.2) is 5.11 Å². The van der Waals surface area contributed by atoms with E-state index in [0.29, 0.717) is 12.0 Å². The van der Waals surface area contributed by atoms with Gasteiger partial charge in [0, 0.05) is 11.7 Å². The van der Waals surface area contributed by atoms with Crippen molar-refractivity contribution in [3.8, 4) is 0 Å². The minimum absolute atomic E-state index is 0.518. The van der Waals surface area contributed by atoms with Gasteiger partial charge in [-0.15, -0.1) is 0 Å². The quantitative estimate of drug-likeness (QED) is 0.793. The summed E-state index contributed by atoms with van der Waals surface area (Å²) in [5.74, 6) is 1.55. The Morgan fingerprint density at radius 1 is 1.17 bits per heavy atom. The number of anilines is 1. The molecule has 2 nitrogen and oxygen atoms in total. The van der Waals surface area contributed by atoms with E-state index >= 15 is 0 Å². The Labute approximate surface area is 115 Å². The van der Waals surface area contributed by atoms with Crippen LogP contribution in [0.5, 0.6) is 0 Å². The fourth-order valence-electron chi connectivity index (χ4n) is 2.74. The van der Waals surface area contributed by atoms with Crippen molar-refractivity contribution in [1.82, 2.24) is 5.32 Å². The van der Waals surface area contributed by atoms with E-state index in [-0.39, 0.29) is 0 Å². The molecule has 1 fully saturated rings.